The molecule has 0 aromatic carbocycles. The molecule has 7 nitrogen and oxygen atoms in total. The number of nitro groups is 1. The summed E-state index contributed by atoms with van der Waals surface area (Å²) >= 11 is 1.50. The first-order valence-corrected chi connectivity index (χ1v) is 5.53. The maximum Gasteiger partial charge on any atom is 0.305 e. The summed E-state index contributed by atoms with van der Waals surface area (Å²) in [5.41, 5.74) is -0.111. The standard InChI is InChI=1S/C9H5N5O2S/c15-14(16)6-4-10-9-11-8(12-13(9)5-6)7-2-1-3-17-7/h1-5H. The number of rotatable bonds is 2. The Morgan fingerprint density at radius 3 is 3.06 bits per heavy atom. The first kappa shape index (κ1) is 9.85. The quantitative estimate of drug-likeness (QED) is 0.508. The van der Waals surface area contributed by atoms with E-state index in [1.165, 1.54) is 28.2 Å². The first-order valence-electron chi connectivity index (χ1n) is 4.65. The Morgan fingerprint density at radius 1 is 1.47 bits per heavy atom. The van der Waals surface area contributed by atoms with Crippen LogP contribution in [0.1, 0.15) is 0 Å². The maximum atomic E-state index is 10.6. The van der Waals surface area contributed by atoms with E-state index in [2.05, 4.69) is 15.1 Å². The zero-order valence-corrected chi connectivity index (χ0v) is 9.16. The summed E-state index contributed by atoms with van der Waals surface area (Å²) in [4.78, 5) is 19.0. The van der Waals surface area contributed by atoms with Crippen LogP contribution in [0.3, 0.4) is 0 Å². The van der Waals surface area contributed by atoms with E-state index in [0.29, 0.717) is 11.6 Å². The van der Waals surface area contributed by atoms with E-state index >= 15 is 0 Å². The summed E-state index contributed by atoms with van der Waals surface area (Å²) in [6, 6.07) is 3.77. The van der Waals surface area contributed by atoms with Gasteiger partial charge in [0.15, 0.2) is 5.82 Å². The molecule has 3 aromatic heterocycles. The molecule has 0 N–H and O–H groups in total. The van der Waals surface area contributed by atoms with Gasteiger partial charge in [-0.25, -0.2) is 4.98 Å². The van der Waals surface area contributed by atoms with Gasteiger partial charge >= 0.3 is 5.69 Å². The van der Waals surface area contributed by atoms with Gasteiger partial charge in [0.25, 0.3) is 5.78 Å². The molecular formula is C9H5N5O2S. The van der Waals surface area contributed by atoms with Crippen LogP contribution in [-0.2, 0) is 0 Å². The van der Waals surface area contributed by atoms with Crippen molar-refractivity contribution in [2.45, 2.75) is 0 Å². The van der Waals surface area contributed by atoms with E-state index in [9.17, 15) is 10.1 Å². The second kappa shape index (κ2) is 3.59. The third-order valence-electron chi connectivity index (χ3n) is 2.13. The molecule has 0 fully saturated rings. The van der Waals surface area contributed by atoms with Gasteiger partial charge in [0, 0.05) is 0 Å². The normalized spacial score (nSPS) is 10.8. The Labute approximate surface area is 98.5 Å². The molecule has 0 unspecified atom stereocenters. The van der Waals surface area contributed by atoms with Crippen molar-refractivity contribution in [2.75, 3.05) is 0 Å². The lowest BCUT2D eigenvalue weighted by molar-refractivity contribution is -0.385. The van der Waals surface area contributed by atoms with Crippen LogP contribution in [0, 0.1) is 10.1 Å². The molecule has 0 bridgehead atoms. The summed E-state index contributed by atoms with van der Waals surface area (Å²) < 4.78 is 1.31. The highest BCUT2D eigenvalue weighted by Gasteiger charge is 2.12. The van der Waals surface area contributed by atoms with Gasteiger partial charge < -0.3 is 0 Å². The highest BCUT2D eigenvalue weighted by atomic mass is 32.1. The van der Waals surface area contributed by atoms with E-state index in [1.54, 1.807) is 0 Å². The summed E-state index contributed by atoms with van der Waals surface area (Å²) in [6.07, 6.45) is 2.47. The molecule has 8 heteroatoms. The average Bonchev–Trinajstić information content (AvgIpc) is 2.96. The molecule has 0 spiro atoms. The van der Waals surface area contributed by atoms with Crippen molar-refractivity contribution in [3.05, 3.63) is 40.0 Å². The maximum absolute atomic E-state index is 10.6. The third kappa shape index (κ3) is 1.64. The van der Waals surface area contributed by atoms with Gasteiger partial charge in [-0.2, -0.15) is 9.50 Å². The van der Waals surface area contributed by atoms with Crippen molar-refractivity contribution in [1.29, 1.82) is 0 Å². The molecule has 84 valence electrons. The molecule has 3 heterocycles. The van der Waals surface area contributed by atoms with Crippen LogP contribution in [0.25, 0.3) is 16.5 Å². The fraction of sp³-hybridized carbons (Fsp3) is 0. The minimum absolute atomic E-state index is 0.111. The molecule has 0 amide bonds. The van der Waals surface area contributed by atoms with Gasteiger partial charge in [-0.3, -0.25) is 10.1 Å². The molecule has 0 aliphatic carbocycles. The predicted molar refractivity (Wildman–Crippen MR) is 60.7 cm³/mol. The number of fused-ring (bicyclic) bond motifs is 1. The van der Waals surface area contributed by atoms with Crippen LogP contribution in [0.15, 0.2) is 29.9 Å². The van der Waals surface area contributed by atoms with Crippen molar-refractivity contribution >= 4 is 22.8 Å². The fourth-order valence-electron chi connectivity index (χ4n) is 1.38. The van der Waals surface area contributed by atoms with Crippen molar-refractivity contribution < 1.29 is 4.92 Å². The Balaban J connectivity index is 2.16. The lowest BCUT2D eigenvalue weighted by Gasteiger charge is -1.90. The van der Waals surface area contributed by atoms with Gasteiger partial charge in [0.05, 0.1) is 9.80 Å². The molecule has 0 saturated heterocycles. The lowest BCUT2D eigenvalue weighted by Crippen LogP contribution is -1.95. The van der Waals surface area contributed by atoms with Crippen molar-refractivity contribution in [1.82, 2.24) is 19.6 Å². The van der Waals surface area contributed by atoms with E-state index in [1.807, 2.05) is 17.5 Å². The van der Waals surface area contributed by atoms with Crippen molar-refractivity contribution in [3.8, 4) is 10.7 Å². The summed E-state index contributed by atoms with van der Waals surface area (Å²) in [5.74, 6) is 0.868. The van der Waals surface area contributed by atoms with E-state index in [0.717, 1.165) is 4.88 Å². The van der Waals surface area contributed by atoms with Crippen LogP contribution in [-0.4, -0.2) is 24.5 Å². The van der Waals surface area contributed by atoms with Crippen LogP contribution >= 0.6 is 11.3 Å². The Bertz CT molecular complexity index is 691. The summed E-state index contributed by atoms with van der Waals surface area (Å²) in [7, 11) is 0. The van der Waals surface area contributed by atoms with E-state index in [4.69, 9.17) is 0 Å². The molecule has 17 heavy (non-hydrogen) atoms. The molecule has 0 aliphatic heterocycles. The monoisotopic (exact) mass is 247 g/mol. The largest absolute Gasteiger partial charge is 0.305 e. The second-order valence-corrected chi connectivity index (χ2v) is 4.17. The van der Waals surface area contributed by atoms with E-state index in [-0.39, 0.29) is 5.69 Å². The molecule has 0 aliphatic rings. The Morgan fingerprint density at radius 2 is 2.35 bits per heavy atom. The van der Waals surface area contributed by atoms with Gasteiger partial charge in [-0.05, 0) is 11.4 Å². The molecule has 0 saturated carbocycles. The fourth-order valence-corrected chi connectivity index (χ4v) is 2.03. The molecule has 0 radical (unpaired) electrons. The molecule has 3 aromatic rings. The number of thiophene rings is 1. The lowest BCUT2D eigenvalue weighted by atomic mass is 10.4. The Hall–Kier alpha value is -2.35. The number of aromatic nitrogens is 4. The highest BCUT2D eigenvalue weighted by molar-refractivity contribution is 7.13. The number of hydrogen-bond acceptors (Lipinski definition) is 6. The number of nitrogens with zero attached hydrogens (tertiary/aromatic N) is 5. The van der Waals surface area contributed by atoms with Crippen molar-refractivity contribution in [3.63, 3.8) is 0 Å². The zero-order chi connectivity index (χ0) is 11.8. The minimum Gasteiger partial charge on any atom is -0.258 e. The molecular weight excluding hydrogens is 242 g/mol. The average molecular weight is 247 g/mol. The van der Waals surface area contributed by atoms with Crippen LogP contribution in [0.5, 0.6) is 0 Å². The number of hydrogen-bond donors (Lipinski definition) is 0. The summed E-state index contributed by atoms with van der Waals surface area (Å²) in [5, 5.41) is 16.6. The zero-order valence-electron chi connectivity index (χ0n) is 8.35. The first-order chi connectivity index (χ1) is 8.24. The van der Waals surface area contributed by atoms with Crippen LogP contribution in [0.2, 0.25) is 0 Å². The van der Waals surface area contributed by atoms with Gasteiger partial charge in [-0.1, -0.05) is 6.07 Å². The second-order valence-electron chi connectivity index (χ2n) is 3.23. The van der Waals surface area contributed by atoms with Crippen LogP contribution in [0.4, 0.5) is 5.69 Å². The highest BCUT2D eigenvalue weighted by Crippen LogP contribution is 2.21. The van der Waals surface area contributed by atoms with Crippen molar-refractivity contribution in [2.24, 2.45) is 0 Å². The van der Waals surface area contributed by atoms with E-state index < -0.39 is 4.92 Å². The Kier molecular flexibility index (Phi) is 2.08. The predicted octanol–water partition coefficient (Wildman–Crippen LogP) is 1.76. The summed E-state index contributed by atoms with van der Waals surface area (Å²) in [6.45, 7) is 0. The SMILES string of the molecule is O=[N+]([O-])c1cnc2nc(-c3cccs3)nn2c1. The minimum atomic E-state index is -0.515. The van der Waals surface area contributed by atoms with Gasteiger partial charge in [0.1, 0.15) is 12.4 Å². The molecule has 0 atom stereocenters. The van der Waals surface area contributed by atoms with Gasteiger partial charge in [-0.15, -0.1) is 16.4 Å². The molecule has 3 rings (SSSR count). The smallest absolute Gasteiger partial charge is 0.258 e. The topological polar surface area (TPSA) is 86.2 Å². The third-order valence-corrected chi connectivity index (χ3v) is 3.00. The van der Waals surface area contributed by atoms with Gasteiger partial charge in [0.2, 0.25) is 0 Å². The van der Waals surface area contributed by atoms with Crippen LogP contribution < -0.4 is 0 Å².